The van der Waals surface area contributed by atoms with Gasteiger partial charge in [-0.2, -0.15) is 0 Å². The van der Waals surface area contributed by atoms with Crippen molar-refractivity contribution in [2.24, 2.45) is 0 Å². The van der Waals surface area contributed by atoms with Crippen LogP contribution in [-0.2, 0) is 4.79 Å². The van der Waals surface area contributed by atoms with Gasteiger partial charge in [0.15, 0.2) is 6.61 Å². The number of methoxy groups -OCH3 is 1. The Bertz CT molecular complexity index is 672. The number of benzene rings is 2. The molecule has 0 radical (unpaired) electrons. The summed E-state index contributed by atoms with van der Waals surface area (Å²) in [5.74, 6) is 0.768. The molecule has 0 aliphatic rings. The number of rotatable bonds is 5. The molecule has 1 amide bonds. The molecule has 1 N–H and O–H groups in total. The number of aryl methyl sites for hydroxylation is 1. The first-order chi connectivity index (χ1) is 10.5. The first-order valence-corrected chi connectivity index (χ1v) is 7.27. The van der Waals surface area contributed by atoms with Gasteiger partial charge in [-0.1, -0.05) is 23.2 Å². The second-order valence-electron chi connectivity index (χ2n) is 4.59. The summed E-state index contributed by atoms with van der Waals surface area (Å²) in [6, 6.07) is 10.2. The quantitative estimate of drug-likeness (QED) is 0.881. The number of hydrogen-bond donors (Lipinski definition) is 1. The Morgan fingerprint density at radius 1 is 1.18 bits per heavy atom. The fraction of sp³-hybridized carbons (Fsp3) is 0.188. The summed E-state index contributed by atoms with van der Waals surface area (Å²) < 4.78 is 10.6. The Balaban J connectivity index is 2.00. The number of nitrogens with one attached hydrogen (secondary N) is 1. The van der Waals surface area contributed by atoms with Crippen LogP contribution in [0.25, 0.3) is 0 Å². The molecule has 0 aliphatic carbocycles. The van der Waals surface area contributed by atoms with Crippen LogP contribution in [0, 0.1) is 6.92 Å². The zero-order valence-corrected chi connectivity index (χ0v) is 13.7. The van der Waals surface area contributed by atoms with Gasteiger partial charge in [0.1, 0.15) is 11.5 Å². The molecule has 2 aromatic rings. The summed E-state index contributed by atoms with van der Waals surface area (Å²) in [7, 11) is 1.51. The van der Waals surface area contributed by atoms with E-state index in [1.165, 1.54) is 7.11 Å². The maximum absolute atomic E-state index is 12.0. The molecule has 0 saturated heterocycles. The van der Waals surface area contributed by atoms with Crippen LogP contribution in [-0.4, -0.2) is 19.6 Å². The van der Waals surface area contributed by atoms with E-state index >= 15 is 0 Å². The third-order valence-corrected chi connectivity index (χ3v) is 3.60. The number of halogens is 2. The molecule has 22 heavy (non-hydrogen) atoms. The van der Waals surface area contributed by atoms with Crippen LogP contribution in [0.5, 0.6) is 11.5 Å². The van der Waals surface area contributed by atoms with Crippen LogP contribution >= 0.6 is 23.2 Å². The zero-order valence-electron chi connectivity index (χ0n) is 12.2. The minimum Gasteiger partial charge on any atom is -0.495 e. The Morgan fingerprint density at radius 3 is 2.50 bits per heavy atom. The molecule has 0 atom stereocenters. The van der Waals surface area contributed by atoms with Crippen molar-refractivity contribution >= 4 is 34.8 Å². The second kappa shape index (κ2) is 7.38. The van der Waals surface area contributed by atoms with E-state index in [0.29, 0.717) is 27.2 Å². The maximum Gasteiger partial charge on any atom is 0.262 e. The first-order valence-electron chi connectivity index (χ1n) is 6.52. The molecule has 0 unspecified atom stereocenters. The minimum absolute atomic E-state index is 0.119. The molecule has 6 heteroatoms. The number of amides is 1. The van der Waals surface area contributed by atoms with Crippen LogP contribution in [0.2, 0.25) is 10.0 Å². The van der Waals surface area contributed by atoms with E-state index < -0.39 is 0 Å². The summed E-state index contributed by atoms with van der Waals surface area (Å²) in [6.07, 6.45) is 0. The lowest BCUT2D eigenvalue weighted by atomic mass is 10.2. The molecule has 2 aromatic carbocycles. The van der Waals surface area contributed by atoms with E-state index in [2.05, 4.69) is 5.32 Å². The summed E-state index contributed by atoms with van der Waals surface area (Å²) in [5, 5.41) is 3.92. The predicted molar refractivity (Wildman–Crippen MR) is 88.3 cm³/mol. The average Bonchev–Trinajstić information content (AvgIpc) is 2.50. The van der Waals surface area contributed by atoms with Crippen molar-refractivity contribution in [2.75, 3.05) is 19.0 Å². The minimum atomic E-state index is -0.296. The van der Waals surface area contributed by atoms with E-state index in [9.17, 15) is 4.79 Å². The highest BCUT2D eigenvalue weighted by Gasteiger charge is 2.11. The van der Waals surface area contributed by atoms with Crippen molar-refractivity contribution in [1.82, 2.24) is 0 Å². The second-order valence-corrected chi connectivity index (χ2v) is 5.44. The van der Waals surface area contributed by atoms with E-state index in [1.807, 2.05) is 6.92 Å². The number of anilines is 1. The Kier molecular flexibility index (Phi) is 5.52. The summed E-state index contributed by atoms with van der Waals surface area (Å²) in [4.78, 5) is 12.0. The third-order valence-electron chi connectivity index (χ3n) is 2.94. The highest BCUT2D eigenvalue weighted by atomic mass is 35.5. The predicted octanol–water partition coefficient (Wildman–Crippen LogP) is 4.33. The largest absolute Gasteiger partial charge is 0.495 e. The van der Waals surface area contributed by atoms with E-state index in [-0.39, 0.29) is 12.5 Å². The van der Waals surface area contributed by atoms with Gasteiger partial charge in [0.05, 0.1) is 12.8 Å². The number of hydrogen-bond acceptors (Lipinski definition) is 3. The lowest BCUT2D eigenvalue weighted by molar-refractivity contribution is -0.118. The maximum atomic E-state index is 12.0. The summed E-state index contributed by atoms with van der Waals surface area (Å²) >= 11 is 11.8. The molecular formula is C16H15Cl2NO3. The van der Waals surface area contributed by atoms with E-state index in [1.54, 1.807) is 36.4 Å². The van der Waals surface area contributed by atoms with Gasteiger partial charge >= 0.3 is 0 Å². The van der Waals surface area contributed by atoms with Crippen molar-refractivity contribution in [3.63, 3.8) is 0 Å². The lowest BCUT2D eigenvalue weighted by Gasteiger charge is -2.12. The molecule has 4 nitrogen and oxygen atoms in total. The molecule has 0 heterocycles. The molecule has 0 saturated carbocycles. The SMILES string of the molecule is COc1cc(Cl)c(C)cc1NC(=O)COc1ccc(Cl)cc1. The zero-order chi connectivity index (χ0) is 16.1. The Morgan fingerprint density at radius 2 is 1.86 bits per heavy atom. The average molecular weight is 340 g/mol. The van der Waals surface area contributed by atoms with Crippen LogP contribution in [0.1, 0.15) is 5.56 Å². The standard InChI is InChI=1S/C16H15Cl2NO3/c1-10-7-14(15(21-2)8-13(10)18)19-16(20)9-22-12-5-3-11(17)4-6-12/h3-8H,9H2,1-2H3,(H,19,20). The topological polar surface area (TPSA) is 47.6 Å². The van der Waals surface area contributed by atoms with Crippen LogP contribution in [0.4, 0.5) is 5.69 Å². The highest BCUT2D eigenvalue weighted by molar-refractivity contribution is 6.31. The smallest absolute Gasteiger partial charge is 0.262 e. The molecular weight excluding hydrogens is 325 g/mol. The van der Waals surface area contributed by atoms with Crippen molar-refractivity contribution in [2.45, 2.75) is 6.92 Å². The Labute approximate surface area is 138 Å². The molecule has 0 fully saturated rings. The van der Waals surface area contributed by atoms with Crippen LogP contribution in [0.3, 0.4) is 0 Å². The van der Waals surface area contributed by atoms with Gasteiger partial charge in [-0.3, -0.25) is 4.79 Å². The van der Waals surface area contributed by atoms with Gasteiger partial charge in [0.25, 0.3) is 5.91 Å². The van der Waals surface area contributed by atoms with Crippen LogP contribution in [0.15, 0.2) is 36.4 Å². The normalized spacial score (nSPS) is 10.2. The van der Waals surface area contributed by atoms with Crippen molar-refractivity contribution < 1.29 is 14.3 Å². The van der Waals surface area contributed by atoms with Gasteiger partial charge in [-0.15, -0.1) is 0 Å². The number of carbonyl (C=O) groups excluding carboxylic acids is 1. The third kappa shape index (κ3) is 4.29. The molecule has 2 rings (SSSR count). The molecule has 0 bridgehead atoms. The monoisotopic (exact) mass is 339 g/mol. The molecule has 116 valence electrons. The summed E-state index contributed by atoms with van der Waals surface area (Å²) in [5.41, 5.74) is 1.39. The fourth-order valence-electron chi connectivity index (χ4n) is 1.80. The highest BCUT2D eigenvalue weighted by Crippen LogP contribution is 2.30. The van der Waals surface area contributed by atoms with E-state index in [0.717, 1.165) is 5.56 Å². The van der Waals surface area contributed by atoms with Crippen LogP contribution < -0.4 is 14.8 Å². The van der Waals surface area contributed by atoms with Crippen molar-refractivity contribution in [1.29, 1.82) is 0 Å². The molecule has 0 aliphatic heterocycles. The summed E-state index contributed by atoms with van der Waals surface area (Å²) in [6.45, 7) is 1.73. The Hall–Kier alpha value is -1.91. The van der Waals surface area contributed by atoms with Crippen molar-refractivity contribution in [3.8, 4) is 11.5 Å². The van der Waals surface area contributed by atoms with Gasteiger partial charge in [-0.25, -0.2) is 0 Å². The molecule has 0 aromatic heterocycles. The van der Waals surface area contributed by atoms with E-state index in [4.69, 9.17) is 32.7 Å². The lowest BCUT2D eigenvalue weighted by Crippen LogP contribution is -2.20. The fourth-order valence-corrected chi connectivity index (χ4v) is 2.08. The number of carbonyl (C=O) groups is 1. The first kappa shape index (κ1) is 16.5. The van der Waals surface area contributed by atoms with Gasteiger partial charge in [0.2, 0.25) is 0 Å². The van der Waals surface area contributed by atoms with Gasteiger partial charge < -0.3 is 14.8 Å². The van der Waals surface area contributed by atoms with Crippen molar-refractivity contribution in [3.05, 3.63) is 52.0 Å². The van der Waals surface area contributed by atoms with Gasteiger partial charge in [-0.05, 0) is 42.8 Å². The number of ether oxygens (including phenoxy) is 2. The van der Waals surface area contributed by atoms with Gasteiger partial charge in [0, 0.05) is 16.1 Å². The molecule has 0 spiro atoms.